The lowest BCUT2D eigenvalue weighted by Crippen LogP contribution is -2.52. The molecule has 0 radical (unpaired) electrons. The number of nitrogens with zero attached hydrogens (tertiary/aromatic N) is 2. The molecule has 0 saturated carbocycles. The number of carbonyl (C=O) groups excluding carboxylic acids is 2. The zero-order valence-electron chi connectivity index (χ0n) is 14.5. The number of morpholine rings is 1. The van der Waals surface area contributed by atoms with Crippen molar-refractivity contribution in [3.8, 4) is 0 Å². The van der Waals surface area contributed by atoms with E-state index in [1.807, 2.05) is 0 Å². The van der Waals surface area contributed by atoms with Gasteiger partial charge in [-0.05, 0) is 6.92 Å². The smallest absolute Gasteiger partial charge is 0.328 e. The lowest BCUT2D eigenvalue weighted by Gasteiger charge is -2.21. The number of ether oxygens (including phenoxy) is 1. The van der Waals surface area contributed by atoms with Crippen molar-refractivity contribution in [2.75, 3.05) is 19.8 Å². The molecule has 2 rings (SSSR count). The highest BCUT2D eigenvalue weighted by atomic mass is 16.5. The number of rotatable bonds is 8. The minimum Gasteiger partial charge on any atom is -0.480 e. The van der Waals surface area contributed by atoms with E-state index in [0.717, 1.165) is 0 Å². The third-order valence-corrected chi connectivity index (χ3v) is 3.73. The number of nitrogens with two attached hydrogens (primary N) is 1. The second-order valence-corrected chi connectivity index (χ2v) is 5.97. The summed E-state index contributed by atoms with van der Waals surface area (Å²) in [6.07, 6.45) is -1.69. The summed E-state index contributed by atoms with van der Waals surface area (Å²) in [7, 11) is 0. The molecular formula is C14H22N6O7. The number of amides is 3. The van der Waals surface area contributed by atoms with E-state index in [4.69, 9.17) is 20.1 Å². The highest BCUT2D eigenvalue weighted by molar-refractivity contribution is 5.83. The molecule has 0 bridgehead atoms. The lowest BCUT2D eigenvalue weighted by molar-refractivity contribution is -0.141. The van der Waals surface area contributed by atoms with Gasteiger partial charge in [0.15, 0.2) is 11.9 Å². The van der Waals surface area contributed by atoms with Gasteiger partial charge in [-0.3, -0.25) is 4.79 Å². The molecule has 2 heterocycles. The van der Waals surface area contributed by atoms with E-state index in [1.54, 1.807) is 0 Å². The summed E-state index contributed by atoms with van der Waals surface area (Å²) >= 11 is 0. The first-order valence-electron chi connectivity index (χ1n) is 8.18. The second-order valence-electron chi connectivity index (χ2n) is 5.97. The molecular weight excluding hydrogens is 364 g/mol. The molecule has 1 aromatic heterocycles. The third kappa shape index (κ3) is 5.87. The number of carboxylic acids is 1. The Bertz CT molecular complexity index is 673. The molecule has 150 valence electrons. The quantitative estimate of drug-likeness (QED) is 0.284. The number of carbonyl (C=O) groups is 3. The van der Waals surface area contributed by atoms with E-state index in [2.05, 4.69) is 26.1 Å². The van der Waals surface area contributed by atoms with Crippen molar-refractivity contribution in [1.29, 1.82) is 0 Å². The van der Waals surface area contributed by atoms with E-state index in [0.29, 0.717) is 19.8 Å². The number of aliphatic hydroxyl groups excluding tert-OH is 1. The maximum atomic E-state index is 12.1. The minimum atomic E-state index is -1.54. The Kier molecular flexibility index (Phi) is 7.04. The Morgan fingerprint density at radius 3 is 2.70 bits per heavy atom. The molecule has 27 heavy (non-hydrogen) atoms. The fourth-order valence-electron chi connectivity index (χ4n) is 2.39. The normalized spacial score (nSPS) is 20.3. The van der Waals surface area contributed by atoms with Gasteiger partial charge in [0, 0.05) is 6.54 Å². The average Bonchev–Trinajstić information content (AvgIpc) is 3.09. The zero-order valence-corrected chi connectivity index (χ0v) is 14.5. The molecule has 1 aromatic rings. The predicted octanol–water partition coefficient (Wildman–Crippen LogP) is -2.22. The Morgan fingerprint density at radius 1 is 1.41 bits per heavy atom. The van der Waals surface area contributed by atoms with E-state index in [9.17, 15) is 19.5 Å². The number of aromatic nitrogens is 2. The largest absolute Gasteiger partial charge is 0.480 e. The first-order chi connectivity index (χ1) is 12.8. The van der Waals surface area contributed by atoms with Crippen LogP contribution in [0, 0.1) is 0 Å². The molecule has 0 spiro atoms. The van der Waals surface area contributed by atoms with Crippen LogP contribution in [0.2, 0.25) is 0 Å². The van der Waals surface area contributed by atoms with Gasteiger partial charge in [0.05, 0.1) is 31.8 Å². The maximum Gasteiger partial charge on any atom is 0.328 e. The van der Waals surface area contributed by atoms with Crippen LogP contribution < -0.4 is 21.7 Å². The number of hydrogen-bond acceptors (Lipinski definition) is 9. The van der Waals surface area contributed by atoms with Gasteiger partial charge in [-0.25, -0.2) is 9.59 Å². The van der Waals surface area contributed by atoms with E-state index in [1.165, 1.54) is 6.92 Å². The van der Waals surface area contributed by atoms with Crippen LogP contribution in [-0.2, 0) is 14.3 Å². The molecule has 0 unspecified atom stereocenters. The van der Waals surface area contributed by atoms with Crippen molar-refractivity contribution in [2.45, 2.75) is 37.6 Å². The Balaban J connectivity index is 2.08. The van der Waals surface area contributed by atoms with Crippen molar-refractivity contribution in [3.05, 3.63) is 11.7 Å². The predicted molar refractivity (Wildman–Crippen MR) is 87.2 cm³/mol. The number of primary amides is 1. The molecule has 4 atom stereocenters. The molecule has 1 fully saturated rings. The topological polar surface area (TPSA) is 202 Å². The van der Waals surface area contributed by atoms with Gasteiger partial charge in [-0.15, -0.1) is 0 Å². The molecule has 0 aliphatic carbocycles. The van der Waals surface area contributed by atoms with Crippen LogP contribution in [0.25, 0.3) is 0 Å². The number of urea groups is 1. The molecule has 7 N–H and O–H groups in total. The SMILES string of the molecule is C[C@@H](O)[C@H](NC(=O)N[C@@H](CC(N)=O)c1nc([C@@H]2COCCN2)no1)C(=O)O. The Hall–Kier alpha value is -2.77. The lowest BCUT2D eigenvalue weighted by atomic mass is 10.2. The monoisotopic (exact) mass is 386 g/mol. The van der Waals surface area contributed by atoms with Gasteiger partial charge in [0.1, 0.15) is 6.04 Å². The van der Waals surface area contributed by atoms with Crippen molar-refractivity contribution >= 4 is 17.9 Å². The summed E-state index contributed by atoms with van der Waals surface area (Å²) in [5.41, 5.74) is 5.19. The standard InChI is InChI=1S/C14H22N6O7/c1-6(21)10(13(23)24)18-14(25)17-7(4-9(15)22)12-19-11(20-27-12)8-5-26-3-2-16-8/h6-8,10,16,21H,2-5H2,1H3,(H2,15,22)(H,23,24)(H2,17,18,25)/t6-,7+,8+,10+/m1/s1. The van der Waals surface area contributed by atoms with Crippen LogP contribution in [0.1, 0.15) is 37.1 Å². The van der Waals surface area contributed by atoms with Crippen LogP contribution in [-0.4, -0.2) is 70.2 Å². The van der Waals surface area contributed by atoms with Crippen LogP contribution in [0.4, 0.5) is 4.79 Å². The average molecular weight is 386 g/mol. The van der Waals surface area contributed by atoms with Gasteiger partial charge < -0.3 is 41.2 Å². The maximum absolute atomic E-state index is 12.1. The van der Waals surface area contributed by atoms with Crippen molar-refractivity contribution < 1.29 is 33.9 Å². The fraction of sp³-hybridized carbons (Fsp3) is 0.643. The van der Waals surface area contributed by atoms with Crippen molar-refractivity contribution in [3.63, 3.8) is 0 Å². The minimum absolute atomic E-state index is 0.0738. The Morgan fingerprint density at radius 2 is 2.15 bits per heavy atom. The van der Waals surface area contributed by atoms with E-state index >= 15 is 0 Å². The number of nitrogens with one attached hydrogen (secondary N) is 3. The molecule has 3 amide bonds. The number of hydrogen-bond donors (Lipinski definition) is 6. The van der Waals surface area contributed by atoms with Crippen LogP contribution in [0.3, 0.4) is 0 Å². The van der Waals surface area contributed by atoms with E-state index < -0.39 is 36.1 Å². The van der Waals surface area contributed by atoms with Gasteiger partial charge >= 0.3 is 12.0 Å². The molecule has 1 saturated heterocycles. The fourth-order valence-corrected chi connectivity index (χ4v) is 2.39. The van der Waals surface area contributed by atoms with E-state index in [-0.39, 0.29) is 24.2 Å². The van der Waals surface area contributed by atoms with Crippen molar-refractivity contribution in [2.24, 2.45) is 5.73 Å². The van der Waals surface area contributed by atoms with Gasteiger partial charge in [-0.2, -0.15) is 4.98 Å². The summed E-state index contributed by atoms with van der Waals surface area (Å²) in [5, 5.41) is 29.8. The summed E-state index contributed by atoms with van der Waals surface area (Å²) < 4.78 is 10.4. The first kappa shape index (κ1) is 20.5. The summed E-state index contributed by atoms with van der Waals surface area (Å²) in [6, 6.07) is -3.86. The molecule has 1 aliphatic rings. The Labute approximate surface area is 153 Å². The molecule has 13 nitrogen and oxygen atoms in total. The van der Waals surface area contributed by atoms with Gasteiger partial charge in [0.2, 0.25) is 11.8 Å². The number of aliphatic carboxylic acids is 1. The number of carboxylic acid groups (broad SMARTS) is 1. The summed E-state index contributed by atoms with van der Waals surface area (Å²) in [4.78, 5) is 38.6. The van der Waals surface area contributed by atoms with Crippen LogP contribution in [0.15, 0.2) is 4.52 Å². The molecule has 13 heteroatoms. The molecule has 1 aliphatic heterocycles. The van der Waals surface area contributed by atoms with Gasteiger partial charge in [0.25, 0.3) is 0 Å². The first-order valence-corrected chi connectivity index (χ1v) is 8.18. The summed E-state index contributed by atoms with van der Waals surface area (Å²) in [6.45, 7) is 2.71. The van der Waals surface area contributed by atoms with Crippen LogP contribution in [0.5, 0.6) is 0 Å². The summed E-state index contributed by atoms with van der Waals surface area (Å²) in [5.74, 6) is -1.96. The molecule has 0 aromatic carbocycles. The highest BCUT2D eigenvalue weighted by Crippen LogP contribution is 2.18. The second kappa shape index (κ2) is 9.25. The third-order valence-electron chi connectivity index (χ3n) is 3.73. The van der Waals surface area contributed by atoms with Gasteiger partial charge in [-0.1, -0.05) is 5.16 Å². The zero-order chi connectivity index (χ0) is 20.0. The van der Waals surface area contributed by atoms with Crippen LogP contribution >= 0.6 is 0 Å². The number of aliphatic hydroxyl groups is 1. The highest BCUT2D eigenvalue weighted by Gasteiger charge is 2.29. The van der Waals surface area contributed by atoms with Crippen molar-refractivity contribution in [1.82, 2.24) is 26.1 Å².